The molecule has 0 saturated heterocycles. The van der Waals surface area contributed by atoms with E-state index in [0.717, 1.165) is 21.6 Å². The smallest absolute Gasteiger partial charge is 0.190 e. The third kappa shape index (κ3) is 5.75. The number of rotatable bonds is 7. The molecule has 0 aliphatic rings. The highest BCUT2D eigenvalue weighted by Gasteiger charge is 2.27. The SMILES string of the molecule is CSc1ccccc1-c1ccccc(C(C)(C)Cc2cccc(-c3ccccc(C(C)C)c3=O)c2C#N)c1=O. The van der Waals surface area contributed by atoms with Crippen LogP contribution >= 0.6 is 11.8 Å². The lowest BCUT2D eigenvalue weighted by molar-refractivity contribution is 0.519. The zero-order chi connectivity index (χ0) is 28.2. The molecule has 0 aromatic heterocycles. The van der Waals surface area contributed by atoms with Crippen LogP contribution in [-0.4, -0.2) is 6.26 Å². The van der Waals surface area contributed by atoms with E-state index in [-0.39, 0.29) is 16.8 Å². The molecule has 0 aliphatic heterocycles. The summed E-state index contributed by atoms with van der Waals surface area (Å²) in [6.45, 7) is 8.08. The third-order valence-electron chi connectivity index (χ3n) is 7.22. The molecule has 3 nitrogen and oxygen atoms in total. The predicted molar refractivity (Wildman–Crippen MR) is 164 cm³/mol. The minimum absolute atomic E-state index is 0.0142. The summed E-state index contributed by atoms with van der Waals surface area (Å²) in [5.41, 5.74) is 4.78. The van der Waals surface area contributed by atoms with Gasteiger partial charge in [0.1, 0.15) is 6.07 Å². The van der Waals surface area contributed by atoms with Crippen molar-refractivity contribution >= 4 is 11.8 Å². The van der Waals surface area contributed by atoms with Crippen LogP contribution in [0.2, 0.25) is 0 Å². The van der Waals surface area contributed by atoms with E-state index in [0.29, 0.717) is 34.2 Å². The largest absolute Gasteiger partial charge is 0.289 e. The van der Waals surface area contributed by atoms with Gasteiger partial charge in [-0.2, -0.15) is 5.26 Å². The molecule has 0 radical (unpaired) electrons. The molecule has 0 saturated carbocycles. The Bertz CT molecular complexity index is 1680. The Balaban J connectivity index is 1.85. The van der Waals surface area contributed by atoms with Crippen molar-refractivity contribution in [3.63, 3.8) is 0 Å². The second kappa shape index (κ2) is 11.8. The lowest BCUT2D eigenvalue weighted by Crippen LogP contribution is -2.28. The van der Waals surface area contributed by atoms with E-state index in [9.17, 15) is 14.9 Å². The normalized spacial score (nSPS) is 11.3. The number of nitrogens with zero attached hydrogens (tertiary/aromatic N) is 1. The first-order chi connectivity index (χ1) is 18.7. The zero-order valence-corrected chi connectivity index (χ0v) is 23.9. The van der Waals surface area contributed by atoms with E-state index in [1.54, 1.807) is 17.8 Å². The van der Waals surface area contributed by atoms with Crippen molar-refractivity contribution in [3.05, 3.63) is 134 Å². The minimum atomic E-state index is -0.575. The molecule has 39 heavy (non-hydrogen) atoms. The van der Waals surface area contributed by atoms with Crippen molar-refractivity contribution in [3.8, 4) is 28.3 Å². The Morgan fingerprint density at radius 3 is 1.95 bits per heavy atom. The van der Waals surface area contributed by atoms with E-state index >= 15 is 0 Å². The van der Waals surface area contributed by atoms with Crippen LogP contribution in [-0.2, 0) is 11.8 Å². The molecule has 0 heterocycles. The van der Waals surface area contributed by atoms with Crippen LogP contribution < -0.4 is 10.9 Å². The summed E-state index contributed by atoms with van der Waals surface area (Å²) in [6.07, 6.45) is 2.48. The van der Waals surface area contributed by atoms with Gasteiger partial charge in [-0.25, -0.2) is 0 Å². The molecule has 4 heteroatoms. The van der Waals surface area contributed by atoms with Crippen molar-refractivity contribution in [1.29, 1.82) is 5.26 Å². The van der Waals surface area contributed by atoms with Crippen LogP contribution in [0.5, 0.6) is 0 Å². The molecule has 0 fully saturated rings. The van der Waals surface area contributed by atoms with Crippen LogP contribution in [0, 0.1) is 11.3 Å². The van der Waals surface area contributed by atoms with Crippen molar-refractivity contribution < 1.29 is 0 Å². The van der Waals surface area contributed by atoms with Crippen molar-refractivity contribution in [2.24, 2.45) is 0 Å². The molecule has 0 amide bonds. The monoisotopic (exact) mass is 531 g/mol. The van der Waals surface area contributed by atoms with Gasteiger partial charge < -0.3 is 0 Å². The second-order valence-corrected chi connectivity index (χ2v) is 11.5. The molecule has 0 spiro atoms. The van der Waals surface area contributed by atoms with E-state index in [4.69, 9.17) is 0 Å². The molecular weight excluding hydrogens is 498 g/mol. The highest BCUT2D eigenvalue weighted by atomic mass is 32.2. The first-order valence-corrected chi connectivity index (χ1v) is 14.3. The Hall–Kier alpha value is -3.94. The minimum Gasteiger partial charge on any atom is -0.289 e. The van der Waals surface area contributed by atoms with Crippen molar-refractivity contribution in [1.82, 2.24) is 0 Å². The van der Waals surface area contributed by atoms with Gasteiger partial charge in [0.15, 0.2) is 10.9 Å². The van der Waals surface area contributed by atoms with Gasteiger partial charge >= 0.3 is 0 Å². The summed E-state index contributed by atoms with van der Waals surface area (Å²) in [7, 11) is 0. The second-order valence-electron chi connectivity index (χ2n) is 10.7. The standard InChI is InChI=1S/C35H33NO2S/c1-23(2)25-14-6-7-16-28(33(25)37)26-18-12-13-24(30(26)22-36)21-35(3,4)31-19-10-8-17-29(34(31)38)27-15-9-11-20-32(27)39-5/h6-20,23H,21H2,1-5H3. The van der Waals surface area contributed by atoms with E-state index in [1.807, 2.05) is 119 Å². The number of hydrogen-bond acceptors (Lipinski definition) is 4. The van der Waals surface area contributed by atoms with Crippen LogP contribution in [0.25, 0.3) is 22.3 Å². The molecule has 4 aromatic carbocycles. The number of thioether (sulfide) groups is 1. The molecular formula is C35H33NO2S. The van der Waals surface area contributed by atoms with Gasteiger partial charge in [-0.1, -0.05) is 113 Å². The Kier molecular flexibility index (Phi) is 8.53. The van der Waals surface area contributed by atoms with Gasteiger partial charge in [-0.05, 0) is 41.2 Å². The topological polar surface area (TPSA) is 57.9 Å². The summed E-state index contributed by atoms with van der Waals surface area (Å²) in [6, 6.07) is 31.0. The molecule has 0 unspecified atom stereocenters. The van der Waals surface area contributed by atoms with E-state index < -0.39 is 5.41 Å². The van der Waals surface area contributed by atoms with Gasteiger partial charge in [-0.15, -0.1) is 11.8 Å². The molecule has 0 aliphatic carbocycles. The van der Waals surface area contributed by atoms with Crippen LogP contribution in [0.3, 0.4) is 0 Å². The highest BCUT2D eigenvalue weighted by Crippen LogP contribution is 2.33. The van der Waals surface area contributed by atoms with Crippen LogP contribution in [0.15, 0.2) is 105 Å². The Morgan fingerprint density at radius 1 is 0.744 bits per heavy atom. The quantitative estimate of drug-likeness (QED) is 0.227. The summed E-state index contributed by atoms with van der Waals surface area (Å²) in [5, 5.41) is 10.3. The van der Waals surface area contributed by atoms with E-state index in [2.05, 4.69) is 6.07 Å². The predicted octanol–water partition coefficient (Wildman–Crippen LogP) is 7.98. The Morgan fingerprint density at radius 2 is 1.31 bits per heavy atom. The fourth-order valence-electron chi connectivity index (χ4n) is 5.17. The zero-order valence-electron chi connectivity index (χ0n) is 23.1. The number of benzene rings is 2. The Labute approximate surface area is 235 Å². The fraction of sp³-hybridized carbons (Fsp3) is 0.229. The summed E-state index contributed by atoms with van der Waals surface area (Å²) < 4.78 is 0. The summed E-state index contributed by atoms with van der Waals surface area (Å²) in [4.78, 5) is 28.5. The van der Waals surface area contributed by atoms with Crippen LogP contribution in [0.1, 0.15) is 55.9 Å². The molecule has 4 rings (SSSR count). The maximum atomic E-state index is 14.0. The molecule has 4 aromatic rings. The van der Waals surface area contributed by atoms with Gasteiger partial charge in [0.25, 0.3) is 0 Å². The molecule has 0 atom stereocenters. The molecule has 196 valence electrons. The summed E-state index contributed by atoms with van der Waals surface area (Å²) >= 11 is 1.62. The van der Waals surface area contributed by atoms with Gasteiger partial charge in [0.2, 0.25) is 0 Å². The van der Waals surface area contributed by atoms with Gasteiger partial charge in [0, 0.05) is 32.7 Å². The average Bonchev–Trinajstić information content (AvgIpc) is 3.23. The lowest BCUT2D eigenvalue weighted by Gasteiger charge is -2.25. The average molecular weight is 532 g/mol. The maximum Gasteiger partial charge on any atom is 0.190 e. The van der Waals surface area contributed by atoms with E-state index in [1.165, 1.54) is 0 Å². The maximum absolute atomic E-state index is 14.0. The molecule has 0 N–H and O–H groups in total. The fourth-order valence-corrected chi connectivity index (χ4v) is 5.78. The van der Waals surface area contributed by atoms with Gasteiger partial charge in [0.05, 0.1) is 5.56 Å². The van der Waals surface area contributed by atoms with Crippen molar-refractivity contribution in [2.75, 3.05) is 6.26 Å². The molecule has 0 bridgehead atoms. The third-order valence-corrected chi connectivity index (χ3v) is 8.01. The first-order valence-electron chi connectivity index (χ1n) is 13.1. The van der Waals surface area contributed by atoms with Gasteiger partial charge in [-0.3, -0.25) is 9.59 Å². The lowest BCUT2D eigenvalue weighted by atomic mass is 9.77. The van der Waals surface area contributed by atoms with Crippen molar-refractivity contribution in [2.45, 2.75) is 50.3 Å². The van der Waals surface area contributed by atoms with Crippen LogP contribution in [0.4, 0.5) is 0 Å². The highest BCUT2D eigenvalue weighted by molar-refractivity contribution is 7.98. The number of hydrogen-bond donors (Lipinski definition) is 0. The number of nitriles is 1. The summed E-state index contributed by atoms with van der Waals surface area (Å²) in [5.74, 6) is 0.0658. The first kappa shape index (κ1) is 28.1.